The molecule has 0 fully saturated rings. The van der Waals surface area contributed by atoms with Gasteiger partial charge in [0.15, 0.2) is 0 Å². The second-order valence-corrected chi connectivity index (χ2v) is 4.41. The molecule has 0 saturated carbocycles. The van der Waals surface area contributed by atoms with Crippen molar-refractivity contribution in [2.24, 2.45) is 0 Å². The van der Waals surface area contributed by atoms with Crippen LogP contribution in [-0.4, -0.2) is 22.8 Å². The van der Waals surface area contributed by atoms with Crippen molar-refractivity contribution >= 4 is 17.2 Å². The number of hydrogen-bond donors (Lipinski definition) is 0. The predicted octanol–water partition coefficient (Wildman–Crippen LogP) is -0.468. The Kier molecular flexibility index (Phi) is 6.54. The van der Waals surface area contributed by atoms with Crippen LogP contribution in [-0.2, 0) is 6.54 Å². The van der Waals surface area contributed by atoms with Crippen LogP contribution in [0.1, 0.15) is 16.8 Å². The Bertz CT molecular complexity index is 464. The first-order valence-corrected chi connectivity index (χ1v) is 5.84. The van der Waals surface area contributed by atoms with E-state index in [0.29, 0.717) is 6.54 Å². The van der Waals surface area contributed by atoms with Crippen LogP contribution in [0.2, 0.25) is 0 Å². The maximum Gasteiger partial charge on any atom is 1.00 e. The van der Waals surface area contributed by atoms with Crippen LogP contribution in [0.3, 0.4) is 0 Å². The van der Waals surface area contributed by atoms with E-state index in [-0.39, 0.29) is 58.7 Å². The first-order chi connectivity index (χ1) is 7.77. The fourth-order valence-electron chi connectivity index (χ4n) is 1.39. The van der Waals surface area contributed by atoms with E-state index >= 15 is 0 Å². The summed E-state index contributed by atoms with van der Waals surface area (Å²) in [6, 6.07) is 9.42. The monoisotopic (exact) mass is 272 g/mol. The summed E-state index contributed by atoms with van der Waals surface area (Å²) in [5, 5.41) is 1.90. The number of carbonyl (C=O) groups excluding carboxylic acids is 1. The van der Waals surface area contributed by atoms with E-state index in [0.717, 1.165) is 10.6 Å². The summed E-state index contributed by atoms with van der Waals surface area (Å²) in [6.45, 7) is 0.539. The maximum absolute atomic E-state index is 11.9. The summed E-state index contributed by atoms with van der Waals surface area (Å²) in [7, 11) is 1.79. The van der Waals surface area contributed by atoms with Crippen LogP contribution in [0, 0.1) is 0 Å². The number of carbonyl (C=O) groups is 1. The van der Waals surface area contributed by atoms with Crippen molar-refractivity contribution in [3.8, 4) is 0 Å². The van der Waals surface area contributed by atoms with E-state index in [2.05, 4.69) is 4.98 Å². The summed E-state index contributed by atoms with van der Waals surface area (Å²) in [4.78, 5) is 18.5. The van der Waals surface area contributed by atoms with Gasteiger partial charge in [0, 0.05) is 13.2 Å². The molecule has 0 aliphatic carbocycles. The molecular weight excluding hydrogens is 259 g/mol. The predicted molar refractivity (Wildman–Crippen MR) is 65.5 cm³/mol. The number of nitrogens with zero attached hydrogens (tertiary/aromatic N) is 2. The molecule has 5 heteroatoms. The van der Waals surface area contributed by atoms with E-state index in [1.807, 2.05) is 35.7 Å². The van der Waals surface area contributed by atoms with Gasteiger partial charge in [0.05, 0.1) is 17.1 Å². The molecule has 2 aromatic rings. The van der Waals surface area contributed by atoms with Gasteiger partial charge in [-0.25, -0.2) is 0 Å². The van der Waals surface area contributed by atoms with Crippen LogP contribution in [0.4, 0.5) is 0 Å². The minimum atomic E-state index is 0. The second kappa shape index (κ2) is 7.40. The molecule has 0 unspecified atom stereocenters. The van der Waals surface area contributed by atoms with Gasteiger partial charge in [0.2, 0.25) is 0 Å². The van der Waals surface area contributed by atoms with E-state index in [1.165, 1.54) is 11.3 Å². The summed E-state index contributed by atoms with van der Waals surface area (Å²) in [6.07, 6.45) is 1.73. The summed E-state index contributed by atoms with van der Waals surface area (Å²) < 4.78 is 0. The van der Waals surface area contributed by atoms with Gasteiger partial charge in [-0.1, -0.05) is 12.1 Å². The van der Waals surface area contributed by atoms with Crippen LogP contribution in [0.25, 0.3) is 0 Å². The fourth-order valence-corrected chi connectivity index (χ4v) is 2.11. The second-order valence-electron chi connectivity index (χ2n) is 3.46. The van der Waals surface area contributed by atoms with Crippen molar-refractivity contribution in [1.29, 1.82) is 0 Å². The summed E-state index contributed by atoms with van der Waals surface area (Å²) >= 11 is 1.46. The third-order valence-corrected chi connectivity index (χ3v) is 3.06. The van der Waals surface area contributed by atoms with Crippen LogP contribution >= 0.6 is 11.3 Å². The van der Waals surface area contributed by atoms with Crippen molar-refractivity contribution in [3.63, 3.8) is 0 Å². The average molecular weight is 272 g/mol. The molecule has 17 heavy (non-hydrogen) atoms. The Balaban J connectivity index is 0.00000144. The van der Waals surface area contributed by atoms with E-state index < -0.39 is 0 Å². The molecular formula is C12H13KN2OS. The zero-order valence-corrected chi connectivity index (χ0v) is 13.9. The molecule has 0 aliphatic heterocycles. The van der Waals surface area contributed by atoms with Gasteiger partial charge in [-0.15, -0.1) is 11.3 Å². The van der Waals surface area contributed by atoms with Crippen molar-refractivity contribution in [1.82, 2.24) is 9.88 Å². The quantitative estimate of drug-likeness (QED) is 0.708. The normalized spacial score (nSPS) is 9.47. The largest absolute Gasteiger partial charge is 1.00 e. The van der Waals surface area contributed by atoms with Crippen LogP contribution < -0.4 is 51.4 Å². The first kappa shape index (κ1) is 15.0. The zero-order valence-electron chi connectivity index (χ0n) is 11.0. The molecule has 0 aromatic carbocycles. The van der Waals surface area contributed by atoms with Crippen molar-refractivity contribution in [2.45, 2.75) is 6.54 Å². The number of pyridine rings is 1. The Hall–Kier alpha value is -0.0436. The molecule has 0 aliphatic rings. The van der Waals surface area contributed by atoms with Crippen LogP contribution in [0.5, 0.6) is 0 Å². The Morgan fingerprint density at radius 2 is 2.24 bits per heavy atom. The Morgan fingerprint density at radius 1 is 1.41 bits per heavy atom. The number of rotatable bonds is 3. The number of hydrogen-bond acceptors (Lipinski definition) is 3. The van der Waals surface area contributed by atoms with Crippen molar-refractivity contribution in [2.75, 3.05) is 7.05 Å². The maximum atomic E-state index is 11.9. The smallest absolute Gasteiger partial charge is 1.00 e. The molecule has 0 spiro atoms. The van der Waals surface area contributed by atoms with Gasteiger partial charge in [-0.2, -0.15) is 0 Å². The summed E-state index contributed by atoms with van der Waals surface area (Å²) in [5.41, 5.74) is 0.898. The number of amides is 1. The Labute approximate surface area is 149 Å². The molecule has 0 bridgehead atoms. The molecule has 0 radical (unpaired) electrons. The topological polar surface area (TPSA) is 33.2 Å². The van der Waals surface area contributed by atoms with Gasteiger partial charge in [-0.3, -0.25) is 9.78 Å². The SMILES string of the molecule is CN(Cc1ccccn1)C(=O)c1cccs1.[H-].[K+]. The molecule has 2 aromatic heterocycles. The van der Waals surface area contributed by atoms with Crippen LogP contribution in [0.15, 0.2) is 41.9 Å². The Morgan fingerprint density at radius 3 is 2.82 bits per heavy atom. The summed E-state index contributed by atoms with van der Waals surface area (Å²) in [5.74, 6) is 0.0423. The van der Waals surface area contributed by atoms with Gasteiger partial charge in [-0.05, 0) is 23.6 Å². The van der Waals surface area contributed by atoms with Gasteiger partial charge in [0.25, 0.3) is 5.91 Å². The molecule has 2 rings (SSSR count). The third kappa shape index (κ3) is 4.28. The third-order valence-electron chi connectivity index (χ3n) is 2.20. The zero-order chi connectivity index (χ0) is 11.4. The molecule has 84 valence electrons. The fraction of sp³-hybridized carbons (Fsp3) is 0.167. The number of aromatic nitrogens is 1. The van der Waals surface area contributed by atoms with E-state index in [9.17, 15) is 4.79 Å². The molecule has 0 N–H and O–H groups in total. The molecule has 1 amide bonds. The van der Waals surface area contributed by atoms with Crippen molar-refractivity contribution < 1.29 is 57.6 Å². The minimum Gasteiger partial charge on any atom is -1.00 e. The van der Waals surface area contributed by atoms with E-state index in [1.54, 1.807) is 18.1 Å². The minimum absolute atomic E-state index is 0. The number of thiophene rings is 1. The molecule has 3 nitrogen and oxygen atoms in total. The van der Waals surface area contributed by atoms with Crippen molar-refractivity contribution in [3.05, 3.63) is 52.5 Å². The average Bonchev–Trinajstić information content (AvgIpc) is 2.83. The van der Waals surface area contributed by atoms with Gasteiger partial charge < -0.3 is 6.33 Å². The van der Waals surface area contributed by atoms with E-state index in [4.69, 9.17) is 0 Å². The molecule has 2 heterocycles. The van der Waals surface area contributed by atoms with Gasteiger partial charge in [0.1, 0.15) is 0 Å². The van der Waals surface area contributed by atoms with Gasteiger partial charge >= 0.3 is 51.4 Å². The molecule has 0 atom stereocenters. The standard InChI is InChI=1S/C12H12N2OS.K.H/c1-14(9-10-5-2-3-7-13-10)12(15)11-6-4-8-16-11;;/h2-8H,9H2,1H3;;/q;+1;-1. The first-order valence-electron chi connectivity index (χ1n) is 4.96. The molecule has 0 saturated heterocycles.